The van der Waals surface area contributed by atoms with Gasteiger partial charge in [-0.15, -0.1) is 0 Å². The number of hydrogen-bond donors (Lipinski definition) is 2. The van der Waals surface area contributed by atoms with Gasteiger partial charge in [-0.2, -0.15) is 0 Å². The number of nitrogens with one attached hydrogen (secondary N) is 1. The second-order valence-electron chi connectivity index (χ2n) is 3.20. The Hall–Kier alpha value is -1.91. The van der Waals surface area contributed by atoms with Gasteiger partial charge in [0.1, 0.15) is 11.7 Å². The Balaban J connectivity index is 2.73. The van der Waals surface area contributed by atoms with E-state index < -0.39 is 17.9 Å². The van der Waals surface area contributed by atoms with Gasteiger partial charge < -0.3 is 10.4 Å². The molecule has 0 saturated carbocycles. The molecule has 0 radical (unpaired) electrons. The van der Waals surface area contributed by atoms with Crippen molar-refractivity contribution in [3.05, 3.63) is 29.6 Å². The molecular weight excluding hydrogens is 196 g/mol. The van der Waals surface area contributed by atoms with Gasteiger partial charge in [-0.1, -0.05) is 6.07 Å². The normalized spacial score (nSPS) is 11.9. The van der Waals surface area contributed by atoms with Crippen molar-refractivity contribution in [3.8, 4) is 0 Å². The van der Waals surface area contributed by atoms with Crippen molar-refractivity contribution in [2.24, 2.45) is 0 Å². The molecule has 1 amide bonds. The van der Waals surface area contributed by atoms with Crippen LogP contribution in [0.1, 0.15) is 23.1 Å². The number of carbonyl (C=O) groups excluding carboxylic acids is 1. The van der Waals surface area contributed by atoms with Crippen molar-refractivity contribution >= 4 is 11.9 Å². The lowest BCUT2D eigenvalue weighted by Crippen LogP contribution is -2.38. The van der Waals surface area contributed by atoms with Gasteiger partial charge in [-0.3, -0.25) is 9.59 Å². The summed E-state index contributed by atoms with van der Waals surface area (Å²) in [7, 11) is 0. The van der Waals surface area contributed by atoms with Gasteiger partial charge >= 0.3 is 5.97 Å². The standard InChI is InChI=1S/C10H12N2O3/c1-6-4-3-5-8(11-6)9(13)12-7(2)10(14)15/h3-5,7H,1-2H3,(H,12,13)(H,14,15)/t7-/m0/s1. The molecule has 1 aromatic heterocycles. The first-order chi connectivity index (χ1) is 7.00. The zero-order valence-corrected chi connectivity index (χ0v) is 8.52. The maximum atomic E-state index is 11.5. The van der Waals surface area contributed by atoms with Crippen molar-refractivity contribution < 1.29 is 14.7 Å². The highest BCUT2D eigenvalue weighted by atomic mass is 16.4. The number of carboxylic acid groups (broad SMARTS) is 1. The quantitative estimate of drug-likeness (QED) is 0.762. The van der Waals surface area contributed by atoms with Crippen LogP contribution in [0.5, 0.6) is 0 Å². The molecule has 0 aliphatic carbocycles. The van der Waals surface area contributed by atoms with Crippen molar-refractivity contribution in [1.29, 1.82) is 0 Å². The summed E-state index contributed by atoms with van der Waals surface area (Å²) in [6, 6.07) is 4.08. The van der Waals surface area contributed by atoms with Gasteiger partial charge in [-0.05, 0) is 26.0 Å². The van der Waals surface area contributed by atoms with Gasteiger partial charge in [-0.25, -0.2) is 4.98 Å². The summed E-state index contributed by atoms with van der Waals surface area (Å²) in [6.07, 6.45) is 0. The average molecular weight is 208 g/mol. The Bertz CT molecular complexity index is 390. The van der Waals surface area contributed by atoms with Gasteiger partial charge in [0.15, 0.2) is 0 Å². The predicted molar refractivity (Wildman–Crippen MR) is 53.5 cm³/mol. The highest BCUT2D eigenvalue weighted by molar-refractivity contribution is 5.94. The third-order valence-electron chi connectivity index (χ3n) is 1.84. The van der Waals surface area contributed by atoms with E-state index in [1.165, 1.54) is 13.0 Å². The summed E-state index contributed by atoms with van der Waals surface area (Å²) in [5.74, 6) is -1.55. The number of carboxylic acids is 1. The van der Waals surface area contributed by atoms with Gasteiger partial charge in [0, 0.05) is 5.69 Å². The van der Waals surface area contributed by atoms with Crippen LogP contribution < -0.4 is 5.32 Å². The molecule has 0 spiro atoms. The molecule has 15 heavy (non-hydrogen) atoms. The Morgan fingerprint density at radius 3 is 2.67 bits per heavy atom. The van der Waals surface area contributed by atoms with Crippen LogP contribution in [-0.2, 0) is 4.79 Å². The molecule has 0 saturated heterocycles. The highest BCUT2D eigenvalue weighted by Crippen LogP contribution is 1.98. The molecule has 1 rings (SSSR count). The summed E-state index contributed by atoms with van der Waals surface area (Å²) < 4.78 is 0. The smallest absolute Gasteiger partial charge is 0.325 e. The summed E-state index contributed by atoms with van der Waals surface area (Å²) in [6.45, 7) is 3.16. The number of pyridine rings is 1. The molecule has 5 nitrogen and oxygen atoms in total. The van der Waals surface area contributed by atoms with E-state index in [9.17, 15) is 9.59 Å². The van der Waals surface area contributed by atoms with Crippen molar-refractivity contribution in [2.45, 2.75) is 19.9 Å². The average Bonchev–Trinajstić information content (AvgIpc) is 2.17. The van der Waals surface area contributed by atoms with Crippen LogP contribution in [0.25, 0.3) is 0 Å². The number of nitrogens with zero attached hydrogens (tertiary/aromatic N) is 1. The fourth-order valence-corrected chi connectivity index (χ4v) is 1.00. The Morgan fingerprint density at radius 1 is 1.47 bits per heavy atom. The van der Waals surface area contributed by atoms with E-state index in [0.717, 1.165) is 0 Å². The highest BCUT2D eigenvalue weighted by Gasteiger charge is 2.15. The number of aryl methyl sites for hydroxylation is 1. The molecule has 0 unspecified atom stereocenters. The molecule has 5 heteroatoms. The van der Waals surface area contributed by atoms with E-state index in [0.29, 0.717) is 5.69 Å². The number of aromatic nitrogens is 1. The molecule has 1 atom stereocenters. The van der Waals surface area contributed by atoms with E-state index in [1.807, 2.05) is 0 Å². The maximum Gasteiger partial charge on any atom is 0.325 e. The lowest BCUT2D eigenvalue weighted by atomic mass is 10.2. The number of aliphatic carboxylic acids is 1. The first-order valence-corrected chi connectivity index (χ1v) is 4.48. The Morgan fingerprint density at radius 2 is 2.13 bits per heavy atom. The molecule has 0 aliphatic rings. The van der Waals surface area contributed by atoms with Crippen molar-refractivity contribution in [2.75, 3.05) is 0 Å². The van der Waals surface area contributed by atoms with Crippen LogP contribution >= 0.6 is 0 Å². The Labute approximate surface area is 87.1 Å². The van der Waals surface area contributed by atoms with Crippen LogP contribution in [0.15, 0.2) is 18.2 Å². The van der Waals surface area contributed by atoms with E-state index >= 15 is 0 Å². The molecule has 1 aromatic rings. The second-order valence-corrected chi connectivity index (χ2v) is 3.20. The fourth-order valence-electron chi connectivity index (χ4n) is 1.00. The third kappa shape index (κ3) is 3.05. The topological polar surface area (TPSA) is 79.3 Å². The third-order valence-corrected chi connectivity index (χ3v) is 1.84. The van der Waals surface area contributed by atoms with Crippen LogP contribution in [0, 0.1) is 6.92 Å². The number of carbonyl (C=O) groups is 2. The molecule has 0 bridgehead atoms. The number of rotatable bonds is 3. The van der Waals surface area contributed by atoms with Crippen LogP contribution in [0.2, 0.25) is 0 Å². The van der Waals surface area contributed by atoms with Gasteiger partial charge in [0.05, 0.1) is 0 Å². The van der Waals surface area contributed by atoms with Crippen LogP contribution in [-0.4, -0.2) is 28.0 Å². The minimum absolute atomic E-state index is 0.225. The van der Waals surface area contributed by atoms with Gasteiger partial charge in [0.25, 0.3) is 5.91 Å². The molecule has 2 N–H and O–H groups in total. The summed E-state index contributed by atoms with van der Waals surface area (Å²) >= 11 is 0. The minimum atomic E-state index is -1.07. The summed E-state index contributed by atoms with van der Waals surface area (Å²) in [5.41, 5.74) is 0.939. The lowest BCUT2D eigenvalue weighted by Gasteiger charge is -2.08. The fraction of sp³-hybridized carbons (Fsp3) is 0.300. The SMILES string of the molecule is Cc1cccc(C(=O)N[C@@H](C)C(=O)O)n1. The van der Waals surface area contributed by atoms with E-state index in [1.54, 1.807) is 19.1 Å². The van der Waals surface area contributed by atoms with Gasteiger partial charge in [0.2, 0.25) is 0 Å². The molecule has 0 aliphatic heterocycles. The van der Waals surface area contributed by atoms with Crippen molar-refractivity contribution in [3.63, 3.8) is 0 Å². The van der Waals surface area contributed by atoms with Crippen molar-refractivity contribution in [1.82, 2.24) is 10.3 Å². The number of hydrogen-bond acceptors (Lipinski definition) is 3. The summed E-state index contributed by atoms with van der Waals surface area (Å²) in [4.78, 5) is 26.0. The maximum absolute atomic E-state index is 11.5. The Kier molecular flexibility index (Phi) is 3.38. The molecule has 1 heterocycles. The predicted octanol–water partition coefficient (Wildman–Crippen LogP) is 0.593. The monoisotopic (exact) mass is 208 g/mol. The first-order valence-electron chi connectivity index (χ1n) is 4.48. The summed E-state index contributed by atoms with van der Waals surface area (Å²) in [5, 5.41) is 10.9. The van der Waals surface area contributed by atoms with E-state index in [4.69, 9.17) is 5.11 Å². The largest absolute Gasteiger partial charge is 0.480 e. The molecule has 0 fully saturated rings. The van der Waals surface area contributed by atoms with E-state index in [2.05, 4.69) is 10.3 Å². The molecule has 0 aromatic carbocycles. The van der Waals surface area contributed by atoms with Crippen LogP contribution in [0.4, 0.5) is 0 Å². The van der Waals surface area contributed by atoms with E-state index in [-0.39, 0.29) is 5.69 Å². The molecular formula is C10H12N2O3. The number of amides is 1. The zero-order valence-electron chi connectivity index (χ0n) is 8.52. The van der Waals surface area contributed by atoms with Crippen LogP contribution in [0.3, 0.4) is 0 Å². The second kappa shape index (κ2) is 4.54. The first kappa shape index (κ1) is 11.2. The lowest BCUT2D eigenvalue weighted by molar-refractivity contribution is -0.138. The zero-order chi connectivity index (χ0) is 11.4. The minimum Gasteiger partial charge on any atom is -0.480 e. The molecule has 80 valence electrons.